The second-order valence-electron chi connectivity index (χ2n) is 5.72. The Kier molecular flexibility index (Phi) is 4.64. The first kappa shape index (κ1) is 16.0. The molecule has 6 nitrogen and oxygen atoms in total. The van der Waals surface area contributed by atoms with E-state index < -0.39 is 0 Å². The zero-order chi connectivity index (χ0) is 17.6. The highest BCUT2D eigenvalue weighted by atomic mass is 15.1. The topological polar surface area (TPSA) is 75.6 Å². The number of para-hydroxylation sites is 1. The molecular formula is C20H18N6. The van der Waals surface area contributed by atoms with Gasteiger partial charge in [0.05, 0.1) is 5.52 Å². The van der Waals surface area contributed by atoms with Crippen molar-refractivity contribution in [2.24, 2.45) is 0 Å². The number of fused-ring (bicyclic) bond motifs is 1. The molecule has 6 heteroatoms. The highest BCUT2D eigenvalue weighted by Gasteiger charge is 2.08. The van der Waals surface area contributed by atoms with E-state index in [9.17, 15) is 0 Å². The fourth-order valence-corrected chi connectivity index (χ4v) is 2.68. The van der Waals surface area contributed by atoms with Crippen LogP contribution in [0.15, 0.2) is 73.2 Å². The minimum Gasteiger partial charge on any atom is -0.368 e. The van der Waals surface area contributed by atoms with Crippen molar-refractivity contribution in [1.29, 1.82) is 0 Å². The summed E-state index contributed by atoms with van der Waals surface area (Å²) in [7, 11) is 0. The van der Waals surface area contributed by atoms with E-state index in [2.05, 4.69) is 25.6 Å². The molecular weight excluding hydrogens is 324 g/mol. The molecule has 0 bridgehead atoms. The van der Waals surface area contributed by atoms with Crippen LogP contribution in [-0.2, 0) is 0 Å². The third kappa shape index (κ3) is 3.59. The quantitative estimate of drug-likeness (QED) is 0.521. The van der Waals surface area contributed by atoms with Crippen molar-refractivity contribution < 1.29 is 0 Å². The molecule has 1 aromatic carbocycles. The van der Waals surface area contributed by atoms with Crippen LogP contribution in [0, 0.1) is 0 Å². The van der Waals surface area contributed by atoms with E-state index in [4.69, 9.17) is 4.98 Å². The van der Waals surface area contributed by atoms with Crippen molar-refractivity contribution >= 4 is 22.5 Å². The van der Waals surface area contributed by atoms with Gasteiger partial charge in [-0.2, -0.15) is 0 Å². The van der Waals surface area contributed by atoms with Gasteiger partial charge in [0.15, 0.2) is 5.82 Å². The van der Waals surface area contributed by atoms with Gasteiger partial charge in [0.25, 0.3) is 0 Å². The van der Waals surface area contributed by atoms with Crippen LogP contribution >= 0.6 is 0 Å². The van der Waals surface area contributed by atoms with Crippen molar-refractivity contribution in [3.8, 4) is 11.4 Å². The van der Waals surface area contributed by atoms with Gasteiger partial charge in [-0.05, 0) is 36.4 Å². The number of rotatable bonds is 6. The molecule has 0 aliphatic rings. The highest BCUT2D eigenvalue weighted by Crippen LogP contribution is 2.24. The summed E-state index contributed by atoms with van der Waals surface area (Å²) in [6.07, 6.45) is 5.27. The molecule has 4 rings (SSSR count). The van der Waals surface area contributed by atoms with Crippen LogP contribution in [0.2, 0.25) is 0 Å². The maximum atomic E-state index is 4.72. The molecule has 3 heterocycles. The first-order valence-electron chi connectivity index (χ1n) is 8.46. The normalized spacial score (nSPS) is 10.6. The lowest BCUT2D eigenvalue weighted by Gasteiger charge is -2.11. The van der Waals surface area contributed by atoms with E-state index in [1.165, 1.54) is 0 Å². The predicted molar refractivity (Wildman–Crippen MR) is 104 cm³/mol. The van der Waals surface area contributed by atoms with E-state index >= 15 is 0 Å². The van der Waals surface area contributed by atoms with Gasteiger partial charge < -0.3 is 10.6 Å². The highest BCUT2D eigenvalue weighted by molar-refractivity contribution is 5.90. The molecule has 0 aliphatic heterocycles. The van der Waals surface area contributed by atoms with Gasteiger partial charge in [0.1, 0.15) is 11.6 Å². The molecule has 0 aliphatic carbocycles. The minimum atomic E-state index is 0.686. The summed E-state index contributed by atoms with van der Waals surface area (Å²) >= 11 is 0. The van der Waals surface area contributed by atoms with Gasteiger partial charge in [-0.25, -0.2) is 15.0 Å². The summed E-state index contributed by atoms with van der Waals surface area (Å²) in [4.78, 5) is 17.7. The Morgan fingerprint density at radius 3 is 2.38 bits per heavy atom. The molecule has 0 radical (unpaired) electrons. The smallest absolute Gasteiger partial charge is 0.162 e. The van der Waals surface area contributed by atoms with Crippen LogP contribution in [0.25, 0.3) is 22.3 Å². The average Bonchev–Trinajstić information content (AvgIpc) is 2.72. The fourth-order valence-electron chi connectivity index (χ4n) is 2.68. The Morgan fingerprint density at radius 1 is 0.731 bits per heavy atom. The maximum absolute atomic E-state index is 4.72. The molecule has 3 aromatic heterocycles. The van der Waals surface area contributed by atoms with Gasteiger partial charge in [-0.1, -0.05) is 18.2 Å². The molecule has 128 valence electrons. The largest absolute Gasteiger partial charge is 0.368 e. The first-order valence-corrected chi connectivity index (χ1v) is 8.46. The Hall–Kier alpha value is -3.54. The molecule has 2 N–H and O–H groups in total. The van der Waals surface area contributed by atoms with E-state index in [1.54, 1.807) is 18.6 Å². The Labute approximate surface area is 151 Å². The molecule has 0 saturated carbocycles. The van der Waals surface area contributed by atoms with Crippen molar-refractivity contribution in [1.82, 2.24) is 19.9 Å². The standard InChI is InChI=1S/C20H18N6/c1-2-6-17-16(5-1)20(24-14-13-23-18-7-3-4-10-22-18)26-19(25-17)15-8-11-21-12-9-15/h1-12H,13-14H2,(H,22,23)(H,24,25,26). The van der Waals surface area contributed by atoms with Crippen molar-refractivity contribution in [2.45, 2.75) is 0 Å². The lowest BCUT2D eigenvalue weighted by atomic mass is 10.2. The molecule has 0 fully saturated rings. The Morgan fingerprint density at radius 2 is 1.54 bits per heavy atom. The van der Waals surface area contributed by atoms with Crippen molar-refractivity contribution in [3.05, 3.63) is 73.2 Å². The SMILES string of the molecule is c1ccc(NCCNc2nc(-c3ccncc3)nc3ccccc23)nc1. The van der Waals surface area contributed by atoms with E-state index in [0.717, 1.165) is 34.6 Å². The molecule has 0 atom stereocenters. The molecule has 0 saturated heterocycles. The predicted octanol–water partition coefficient (Wildman–Crippen LogP) is 3.61. The third-order valence-electron chi connectivity index (χ3n) is 3.93. The fraction of sp³-hybridized carbons (Fsp3) is 0.100. The molecule has 0 unspecified atom stereocenters. The molecule has 4 aromatic rings. The zero-order valence-electron chi connectivity index (χ0n) is 14.1. The van der Waals surface area contributed by atoms with E-state index in [0.29, 0.717) is 12.4 Å². The Bertz CT molecular complexity index is 989. The average molecular weight is 342 g/mol. The second kappa shape index (κ2) is 7.57. The van der Waals surface area contributed by atoms with Crippen LogP contribution < -0.4 is 10.6 Å². The maximum Gasteiger partial charge on any atom is 0.162 e. The van der Waals surface area contributed by atoms with Gasteiger partial charge in [0.2, 0.25) is 0 Å². The summed E-state index contributed by atoms with van der Waals surface area (Å²) in [5.41, 5.74) is 1.86. The van der Waals surface area contributed by atoms with Crippen LogP contribution in [0.4, 0.5) is 11.6 Å². The van der Waals surface area contributed by atoms with Crippen LogP contribution in [0.3, 0.4) is 0 Å². The number of nitrogens with one attached hydrogen (secondary N) is 2. The second-order valence-corrected chi connectivity index (χ2v) is 5.72. The summed E-state index contributed by atoms with van der Waals surface area (Å²) in [5, 5.41) is 7.70. The number of hydrogen-bond acceptors (Lipinski definition) is 6. The first-order chi connectivity index (χ1) is 12.9. The summed E-state index contributed by atoms with van der Waals surface area (Å²) in [5.74, 6) is 2.37. The van der Waals surface area contributed by atoms with E-state index in [1.807, 2.05) is 54.6 Å². The number of nitrogens with zero attached hydrogens (tertiary/aromatic N) is 4. The number of pyridine rings is 2. The number of hydrogen-bond donors (Lipinski definition) is 2. The monoisotopic (exact) mass is 342 g/mol. The zero-order valence-corrected chi connectivity index (χ0v) is 14.1. The van der Waals surface area contributed by atoms with Crippen LogP contribution in [0.1, 0.15) is 0 Å². The third-order valence-corrected chi connectivity index (χ3v) is 3.93. The number of anilines is 2. The number of benzene rings is 1. The van der Waals surface area contributed by atoms with Crippen molar-refractivity contribution in [2.75, 3.05) is 23.7 Å². The van der Waals surface area contributed by atoms with Gasteiger partial charge in [-0.15, -0.1) is 0 Å². The summed E-state index contributed by atoms with van der Waals surface area (Å²) in [6.45, 7) is 1.45. The molecule has 0 amide bonds. The van der Waals surface area contributed by atoms with Gasteiger partial charge in [-0.3, -0.25) is 4.98 Å². The Balaban J connectivity index is 1.55. The lowest BCUT2D eigenvalue weighted by molar-refractivity contribution is 1.04. The summed E-state index contributed by atoms with van der Waals surface area (Å²) in [6, 6.07) is 17.6. The van der Waals surface area contributed by atoms with Gasteiger partial charge >= 0.3 is 0 Å². The van der Waals surface area contributed by atoms with Crippen molar-refractivity contribution in [3.63, 3.8) is 0 Å². The molecule has 0 spiro atoms. The van der Waals surface area contributed by atoms with E-state index in [-0.39, 0.29) is 0 Å². The molecule has 26 heavy (non-hydrogen) atoms. The van der Waals surface area contributed by atoms with Gasteiger partial charge in [0, 0.05) is 42.6 Å². The number of aromatic nitrogens is 4. The minimum absolute atomic E-state index is 0.686. The van der Waals surface area contributed by atoms with Crippen LogP contribution in [-0.4, -0.2) is 33.0 Å². The van der Waals surface area contributed by atoms with Crippen LogP contribution in [0.5, 0.6) is 0 Å². The lowest BCUT2D eigenvalue weighted by Crippen LogP contribution is -2.15. The summed E-state index contributed by atoms with van der Waals surface area (Å²) < 4.78 is 0.